The number of hydrogen-bond acceptors (Lipinski definition) is 4. The van der Waals surface area contributed by atoms with Gasteiger partial charge in [0.15, 0.2) is 0 Å². The van der Waals surface area contributed by atoms with Crippen molar-refractivity contribution in [2.24, 2.45) is 0 Å². The summed E-state index contributed by atoms with van der Waals surface area (Å²) in [6, 6.07) is 3.40. The molecule has 88 valence electrons. The number of esters is 1. The van der Waals surface area contributed by atoms with Crippen molar-refractivity contribution in [3.8, 4) is 0 Å². The molecule has 1 amide bonds. The van der Waals surface area contributed by atoms with Gasteiger partial charge in [-0.3, -0.25) is 4.79 Å². The number of carbonyl (C=O) groups is 2. The van der Waals surface area contributed by atoms with E-state index < -0.39 is 5.97 Å². The lowest BCUT2D eigenvalue weighted by atomic mass is 10.3. The van der Waals surface area contributed by atoms with Crippen LogP contribution in [0.4, 0.5) is 0 Å². The van der Waals surface area contributed by atoms with Gasteiger partial charge in [-0.15, -0.1) is 11.3 Å². The van der Waals surface area contributed by atoms with Crippen molar-refractivity contribution in [3.05, 3.63) is 21.9 Å². The van der Waals surface area contributed by atoms with Crippen LogP contribution in [0.1, 0.15) is 33.2 Å². The number of ether oxygens (including phenoxy) is 1. The van der Waals surface area contributed by atoms with Crippen molar-refractivity contribution in [1.29, 1.82) is 0 Å². The minimum atomic E-state index is -0.406. The number of nitrogens with zero attached hydrogens (tertiary/aromatic N) is 1. The molecular weight excluding hydrogens is 226 g/mol. The number of amides is 1. The average molecular weight is 241 g/mol. The molecule has 0 N–H and O–H groups in total. The van der Waals surface area contributed by atoms with Gasteiger partial charge in [-0.05, 0) is 26.0 Å². The molecule has 5 heteroatoms. The first-order valence-corrected chi connectivity index (χ1v) is 5.74. The second-order valence-electron chi connectivity index (χ2n) is 3.67. The highest BCUT2D eigenvalue weighted by Crippen LogP contribution is 2.19. The van der Waals surface area contributed by atoms with Crippen LogP contribution >= 0.6 is 11.3 Å². The van der Waals surface area contributed by atoms with Crippen LogP contribution in [0.2, 0.25) is 0 Å². The topological polar surface area (TPSA) is 46.6 Å². The van der Waals surface area contributed by atoms with E-state index in [-0.39, 0.29) is 11.9 Å². The van der Waals surface area contributed by atoms with Crippen molar-refractivity contribution < 1.29 is 14.3 Å². The Morgan fingerprint density at radius 2 is 1.88 bits per heavy atom. The zero-order chi connectivity index (χ0) is 12.3. The summed E-state index contributed by atoms with van der Waals surface area (Å²) < 4.78 is 4.58. The molecule has 0 bridgehead atoms. The Morgan fingerprint density at radius 1 is 1.31 bits per heavy atom. The molecule has 0 saturated carbocycles. The molecule has 4 nitrogen and oxygen atoms in total. The van der Waals surface area contributed by atoms with Crippen molar-refractivity contribution in [2.45, 2.75) is 19.9 Å². The molecule has 0 atom stereocenters. The van der Waals surface area contributed by atoms with Gasteiger partial charge in [0.05, 0.1) is 12.0 Å². The van der Waals surface area contributed by atoms with Gasteiger partial charge in [0.1, 0.15) is 4.88 Å². The predicted octanol–water partition coefficient (Wildman–Crippen LogP) is 2.02. The quantitative estimate of drug-likeness (QED) is 0.760. The largest absolute Gasteiger partial charge is 0.465 e. The van der Waals surface area contributed by atoms with Crippen LogP contribution in [0.15, 0.2) is 12.1 Å². The molecular formula is C11H15NO3S. The fourth-order valence-corrected chi connectivity index (χ4v) is 1.98. The summed E-state index contributed by atoms with van der Waals surface area (Å²) in [7, 11) is 3.06. The third kappa shape index (κ3) is 2.61. The molecule has 0 unspecified atom stereocenters. The van der Waals surface area contributed by atoms with E-state index in [0.717, 1.165) is 11.3 Å². The van der Waals surface area contributed by atoms with Crippen LogP contribution < -0.4 is 0 Å². The number of hydrogen-bond donors (Lipinski definition) is 0. The third-order valence-corrected chi connectivity index (χ3v) is 3.35. The van der Waals surface area contributed by atoms with Crippen LogP contribution in [0, 0.1) is 0 Å². The number of methoxy groups -OCH3 is 1. The average Bonchev–Trinajstić information content (AvgIpc) is 2.75. The fraction of sp³-hybridized carbons (Fsp3) is 0.455. The molecule has 0 aromatic carbocycles. The lowest BCUT2D eigenvalue weighted by Crippen LogP contribution is -2.32. The van der Waals surface area contributed by atoms with E-state index >= 15 is 0 Å². The van der Waals surface area contributed by atoms with Crippen LogP contribution in [0.3, 0.4) is 0 Å². The zero-order valence-electron chi connectivity index (χ0n) is 9.81. The van der Waals surface area contributed by atoms with Crippen LogP contribution in [-0.2, 0) is 4.74 Å². The minimum Gasteiger partial charge on any atom is -0.465 e. The summed E-state index contributed by atoms with van der Waals surface area (Å²) in [4.78, 5) is 25.7. The van der Waals surface area contributed by atoms with Crippen LogP contribution in [0.25, 0.3) is 0 Å². The van der Waals surface area contributed by atoms with Gasteiger partial charge in [-0.25, -0.2) is 4.79 Å². The highest BCUT2D eigenvalue weighted by molar-refractivity contribution is 7.15. The Kier molecular flexibility index (Phi) is 4.06. The summed E-state index contributed by atoms with van der Waals surface area (Å²) in [6.07, 6.45) is 0. The first kappa shape index (κ1) is 12.7. The van der Waals surface area contributed by atoms with E-state index in [9.17, 15) is 9.59 Å². The number of thiophene rings is 1. The molecule has 0 radical (unpaired) electrons. The van der Waals surface area contributed by atoms with E-state index in [1.165, 1.54) is 7.11 Å². The van der Waals surface area contributed by atoms with Gasteiger partial charge in [0.25, 0.3) is 5.91 Å². The summed E-state index contributed by atoms with van der Waals surface area (Å²) in [5, 5.41) is 0. The SMILES string of the molecule is COC(=O)c1ccc(C(=O)N(C)C(C)C)s1. The predicted molar refractivity (Wildman–Crippen MR) is 62.9 cm³/mol. The Hall–Kier alpha value is -1.36. The minimum absolute atomic E-state index is 0.0739. The summed E-state index contributed by atoms with van der Waals surface area (Å²) in [5.74, 6) is -0.480. The fourth-order valence-electron chi connectivity index (χ4n) is 1.07. The van der Waals surface area contributed by atoms with Gasteiger partial charge in [-0.2, -0.15) is 0 Å². The normalized spacial score (nSPS) is 10.3. The van der Waals surface area contributed by atoms with E-state index in [1.54, 1.807) is 24.1 Å². The van der Waals surface area contributed by atoms with Gasteiger partial charge in [0, 0.05) is 13.1 Å². The van der Waals surface area contributed by atoms with Gasteiger partial charge >= 0.3 is 5.97 Å². The lowest BCUT2D eigenvalue weighted by molar-refractivity contribution is 0.0606. The molecule has 0 aliphatic heterocycles. The molecule has 0 aliphatic rings. The number of rotatable bonds is 3. The van der Waals surface area contributed by atoms with E-state index in [2.05, 4.69) is 4.74 Å². The van der Waals surface area contributed by atoms with Gasteiger partial charge in [-0.1, -0.05) is 0 Å². The summed E-state index contributed by atoms with van der Waals surface area (Å²) >= 11 is 1.15. The molecule has 1 heterocycles. The number of carbonyl (C=O) groups excluding carboxylic acids is 2. The molecule has 0 fully saturated rings. The van der Waals surface area contributed by atoms with Crippen molar-refractivity contribution >= 4 is 23.2 Å². The monoisotopic (exact) mass is 241 g/mol. The molecule has 1 aromatic heterocycles. The maximum Gasteiger partial charge on any atom is 0.348 e. The summed E-state index contributed by atoms with van der Waals surface area (Å²) in [6.45, 7) is 3.87. The van der Waals surface area contributed by atoms with Gasteiger partial charge < -0.3 is 9.64 Å². The van der Waals surface area contributed by atoms with Crippen molar-refractivity contribution in [3.63, 3.8) is 0 Å². The molecule has 0 aliphatic carbocycles. The highest BCUT2D eigenvalue weighted by atomic mass is 32.1. The first-order valence-electron chi connectivity index (χ1n) is 4.92. The first-order chi connectivity index (χ1) is 7.47. The Bertz CT molecular complexity index is 398. The molecule has 0 spiro atoms. The molecule has 0 saturated heterocycles. The van der Waals surface area contributed by atoms with E-state index in [4.69, 9.17) is 0 Å². The Balaban J connectivity index is 2.86. The van der Waals surface area contributed by atoms with Crippen LogP contribution in [0.5, 0.6) is 0 Å². The van der Waals surface area contributed by atoms with E-state index in [1.807, 2.05) is 13.8 Å². The third-order valence-electron chi connectivity index (χ3n) is 2.30. The molecule has 1 rings (SSSR count). The maximum absolute atomic E-state index is 11.9. The van der Waals surface area contributed by atoms with E-state index in [0.29, 0.717) is 9.75 Å². The standard InChI is InChI=1S/C11H15NO3S/c1-7(2)12(3)10(13)8-5-6-9(16-8)11(14)15-4/h5-7H,1-4H3. The van der Waals surface area contributed by atoms with Crippen molar-refractivity contribution in [1.82, 2.24) is 4.90 Å². The summed E-state index contributed by atoms with van der Waals surface area (Å²) in [5.41, 5.74) is 0. The molecule has 1 aromatic rings. The molecule has 16 heavy (non-hydrogen) atoms. The van der Waals surface area contributed by atoms with Crippen molar-refractivity contribution in [2.75, 3.05) is 14.2 Å². The highest BCUT2D eigenvalue weighted by Gasteiger charge is 2.18. The van der Waals surface area contributed by atoms with Crippen LogP contribution in [-0.4, -0.2) is 37.0 Å². The Labute approximate surface area is 98.8 Å². The second-order valence-corrected chi connectivity index (χ2v) is 4.75. The lowest BCUT2D eigenvalue weighted by Gasteiger charge is -2.20. The maximum atomic E-state index is 11.9. The second kappa shape index (κ2) is 5.12. The van der Waals surface area contributed by atoms with Gasteiger partial charge in [0.2, 0.25) is 0 Å². The smallest absolute Gasteiger partial charge is 0.348 e. The Morgan fingerprint density at radius 3 is 2.38 bits per heavy atom. The zero-order valence-corrected chi connectivity index (χ0v) is 10.6.